The fraction of sp³-hybridized carbons (Fsp3) is 0.292. The number of anilines is 1. The summed E-state index contributed by atoms with van der Waals surface area (Å²) < 4.78 is 10.8. The molecule has 1 aromatic heterocycles. The van der Waals surface area contributed by atoms with Crippen LogP contribution in [0.15, 0.2) is 67.1 Å². The molecule has 2 aromatic carbocycles. The van der Waals surface area contributed by atoms with Crippen molar-refractivity contribution in [2.45, 2.75) is 13.0 Å². The number of hydrogen-bond acceptors (Lipinski definition) is 6. The Morgan fingerprint density at radius 1 is 1.18 bits per heavy atom. The molecule has 1 atom stereocenters. The lowest BCUT2D eigenvalue weighted by molar-refractivity contribution is 0.0503. The van der Waals surface area contributed by atoms with Crippen molar-refractivity contribution in [1.29, 1.82) is 0 Å². The van der Waals surface area contributed by atoms with E-state index in [-0.39, 0.29) is 0 Å². The highest BCUT2D eigenvalue weighted by molar-refractivity contribution is 6.30. The highest BCUT2D eigenvalue weighted by atomic mass is 35.5. The Balaban J connectivity index is 0.000000374. The van der Waals surface area contributed by atoms with Gasteiger partial charge in [-0.05, 0) is 55.9 Å². The van der Waals surface area contributed by atoms with E-state index in [0.29, 0.717) is 22.3 Å². The van der Waals surface area contributed by atoms with Crippen molar-refractivity contribution in [3.8, 4) is 11.6 Å². The predicted octanol–water partition coefficient (Wildman–Crippen LogP) is 5.12. The molecule has 1 aliphatic heterocycles. The lowest BCUT2D eigenvalue weighted by Crippen LogP contribution is -2.32. The predicted molar refractivity (Wildman–Crippen MR) is 127 cm³/mol. The number of benzene rings is 2. The first-order valence-electron chi connectivity index (χ1n) is 10.5. The van der Waals surface area contributed by atoms with E-state index in [2.05, 4.69) is 21.9 Å². The third kappa shape index (κ3) is 7.42. The van der Waals surface area contributed by atoms with Crippen molar-refractivity contribution in [3.05, 3.63) is 77.7 Å². The monoisotopic (exact) mass is 470 g/mol. The van der Waals surface area contributed by atoms with E-state index in [1.807, 2.05) is 13.0 Å². The van der Waals surface area contributed by atoms with E-state index >= 15 is 0 Å². The topological polar surface area (TPSA) is 88.0 Å². The molecule has 1 N–H and O–H groups in total. The molecular formula is C24H27ClN4O4. The fourth-order valence-corrected chi connectivity index (χ4v) is 3.33. The third-order valence-corrected chi connectivity index (χ3v) is 5.29. The number of aromatic nitrogens is 2. The van der Waals surface area contributed by atoms with Crippen LogP contribution in [-0.4, -0.2) is 59.4 Å². The van der Waals surface area contributed by atoms with Gasteiger partial charge in [0, 0.05) is 36.2 Å². The molecule has 1 amide bonds. The van der Waals surface area contributed by atoms with Crippen molar-refractivity contribution in [2.24, 2.45) is 0 Å². The van der Waals surface area contributed by atoms with E-state index in [4.69, 9.17) is 21.1 Å². The number of hydrogen-bond donors (Lipinski definition) is 1. The van der Waals surface area contributed by atoms with Gasteiger partial charge >= 0.3 is 6.09 Å². The Morgan fingerprint density at radius 2 is 1.91 bits per heavy atom. The van der Waals surface area contributed by atoms with Gasteiger partial charge < -0.3 is 19.5 Å². The second kappa shape index (κ2) is 12.2. The van der Waals surface area contributed by atoms with Crippen LogP contribution in [0, 0.1) is 0 Å². The maximum Gasteiger partial charge on any atom is 0.412 e. The van der Waals surface area contributed by atoms with E-state index in [9.17, 15) is 9.90 Å². The highest BCUT2D eigenvalue weighted by Gasteiger charge is 2.23. The summed E-state index contributed by atoms with van der Waals surface area (Å²) in [6.07, 6.45) is 3.55. The second-order valence-electron chi connectivity index (χ2n) is 7.44. The van der Waals surface area contributed by atoms with Crippen LogP contribution in [0.1, 0.15) is 18.5 Å². The summed E-state index contributed by atoms with van der Waals surface area (Å²) in [6, 6.07) is 13.4. The van der Waals surface area contributed by atoms with Gasteiger partial charge in [0.1, 0.15) is 5.75 Å². The number of amides is 1. The van der Waals surface area contributed by atoms with Crippen LogP contribution in [0.5, 0.6) is 11.6 Å². The van der Waals surface area contributed by atoms with Gasteiger partial charge in [0.2, 0.25) is 5.88 Å². The standard InChI is InChI=1S/C19H16ClN3O3.C5H11NO/c1-13(23(19(24)25)16-7-5-15(20)6-8-16)14-3-2-4-17(11-14)26-18-12-21-9-10-22-18;1-6-2-4-7-5-3-6/h2-13H,1H3,(H,24,25);2-5H2,1H3/t13-;/m1./s1. The normalized spacial score (nSPS) is 14.5. The van der Waals surface area contributed by atoms with Crippen molar-refractivity contribution in [3.63, 3.8) is 0 Å². The number of carbonyl (C=O) groups is 1. The van der Waals surface area contributed by atoms with Crippen LogP contribution in [0.25, 0.3) is 0 Å². The maximum absolute atomic E-state index is 11.8. The Hall–Kier alpha value is -3.20. The smallest absolute Gasteiger partial charge is 0.412 e. The number of ether oxygens (including phenoxy) is 2. The molecule has 1 saturated heterocycles. The molecule has 4 rings (SSSR count). The molecule has 0 saturated carbocycles. The number of rotatable bonds is 5. The summed E-state index contributed by atoms with van der Waals surface area (Å²) in [7, 11) is 2.11. The van der Waals surface area contributed by atoms with Gasteiger partial charge in [0.15, 0.2) is 0 Å². The van der Waals surface area contributed by atoms with Crippen LogP contribution < -0.4 is 9.64 Å². The average Bonchev–Trinajstić information content (AvgIpc) is 2.82. The summed E-state index contributed by atoms with van der Waals surface area (Å²) >= 11 is 5.90. The number of carboxylic acid groups (broad SMARTS) is 1. The van der Waals surface area contributed by atoms with Crippen molar-refractivity contribution in [1.82, 2.24) is 14.9 Å². The number of likely N-dealkylation sites (N-methyl/N-ethyl adjacent to an activating group) is 1. The van der Waals surface area contributed by atoms with Crippen LogP contribution >= 0.6 is 11.6 Å². The summed E-state index contributed by atoms with van der Waals surface area (Å²) in [6.45, 7) is 5.83. The van der Waals surface area contributed by atoms with E-state index in [0.717, 1.165) is 31.9 Å². The Morgan fingerprint density at radius 3 is 2.48 bits per heavy atom. The summed E-state index contributed by atoms with van der Waals surface area (Å²) in [5.41, 5.74) is 1.32. The van der Waals surface area contributed by atoms with Crippen molar-refractivity contribution >= 4 is 23.4 Å². The highest BCUT2D eigenvalue weighted by Crippen LogP contribution is 2.30. The zero-order chi connectivity index (χ0) is 23.6. The summed E-state index contributed by atoms with van der Waals surface area (Å²) in [4.78, 5) is 23.4. The number of morpholine rings is 1. The second-order valence-corrected chi connectivity index (χ2v) is 7.88. The van der Waals surface area contributed by atoms with Gasteiger partial charge in [-0.2, -0.15) is 0 Å². The van der Waals surface area contributed by atoms with Gasteiger partial charge in [0.05, 0.1) is 25.5 Å². The first kappa shape index (κ1) is 24.4. The molecule has 0 aliphatic carbocycles. The van der Waals surface area contributed by atoms with E-state index in [1.54, 1.807) is 48.7 Å². The van der Waals surface area contributed by atoms with Crippen LogP contribution in [0.2, 0.25) is 5.02 Å². The lowest BCUT2D eigenvalue weighted by atomic mass is 10.1. The number of nitrogens with zero attached hydrogens (tertiary/aromatic N) is 4. The minimum atomic E-state index is -1.06. The Labute approximate surface area is 198 Å². The molecule has 1 fully saturated rings. The van der Waals surface area contributed by atoms with Gasteiger partial charge in [0.25, 0.3) is 0 Å². The van der Waals surface area contributed by atoms with Gasteiger partial charge in [-0.15, -0.1) is 0 Å². The quantitative estimate of drug-likeness (QED) is 0.553. The molecule has 1 aliphatic rings. The third-order valence-electron chi connectivity index (χ3n) is 5.04. The molecule has 9 heteroatoms. The van der Waals surface area contributed by atoms with Crippen LogP contribution in [0.4, 0.5) is 10.5 Å². The lowest BCUT2D eigenvalue weighted by Gasteiger charge is -2.27. The van der Waals surface area contributed by atoms with Gasteiger partial charge in [-0.3, -0.25) is 9.88 Å². The molecule has 33 heavy (non-hydrogen) atoms. The summed E-state index contributed by atoms with van der Waals surface area (Å²) in [5, 5.41) is 10.2. The Bertz CT molecular complexity index is 1010. The molecule has 0 bridgehead atoms. The molecule has 2 heterocycles. The van der Waals surface area contributed by atoms with E-state index in [1.165, 1.54) is 17.3 Å². The zero-order valence-corrected chi connectivity index (χ0v) is 19.4. The molecule has 3 aromatic rings. The zero-order valence-electron chi connectivity index (χ0n) is 18.6. The van der Waals surface area contributed by atoms with Gasteiger partial charge in [-0.1, -0.05) is 23.7 Å². The summed E-state index contributed by atoms with van der Waals surface area (Å²) in [5.74, 6) is 0.918. The molecule has 174 valence electrons. The Kier molecular flexibility index (Phi) is 9.00. The van der Waals surface area contributed by atoms with Crippen molar-refractivity contribution in [2.75, 3.05) is 38.3 Å². The molecule has 8 nitrogen and oxygen atoms in total. The number of halogens is 1. The minimum absolute atomic E-state index is 0.366. The van der Waals surface area contributed by atoms with E-state index < -0.39 is 12.1 Å². The van der Waals surface area contributed by atoms with Gasteiger partial charge in [-0.25, -0.2) is 9.78 Å². The van der Waals surface area contributed by atoms with Crippen LogP contribution in [0.3, 0.4) is 0 Å². The first-order chi connectivity index (χ1) is 15.9. The average molecular weight is 471 g/mol. The van der Waals surface area contributed by atoms with Crippen LogP contribution in [-0.2, 0) is 4.74 Å². The molecule has 0 unspecified atom stereocenters. The maximum atomic E-state index is 11.8. The van der Waals surface area contributed by atoms with Crippen molar-refractivity contribution < 1.29 is 19.4 Å². The first-order valence-corrected chi connectivity index (χ1v) is 10.9. The SMILES string of the molecule is CN1CCOCC1.C[C@H](c1cccc(Oc2cnccn2)c1)N(C(=O)O)c1ccc(Cl)cc1. The fourth-order valence-electron chi connectivity index (χ4n) is 3.20. The largest absolute Gasteiger partial charge is 0.465 e. The minimum Gasteiger partial charge on any atom is -0.465 e. The molecular weight excluding hydrogens is 444 g/mol. The molecule has 0 radical (unpaired) electrons. The molecule has 0 spiro atoms.